The van der Waals surface area contributed by atoms with Crippen molar-refractivity contribution in [2.45, 2.75) is 32.9 Å². The summed E-state index contributed by atoms with van der Waals surface area (Å²) in [6, 6.07) is 7.92. The fourth-order valence-corrected chi connectivity index (χ4v) is 2.46. The van der Waals surface area contributed by atoms with Crippen LogP contribution in [0, 0.1) is 0 Å². The Morgan fingerprint density at radius 2 is 1.88 bits per heavy atom. The lowest BCUT2D eigenvalue weighted by Gasteiger charge is -2.22. The summed E-state index contributed by atoms with van der Waals surface area (Å²) >= 11 is 5.94. The Morgan fingerprint density at radius 1 is 1.20 bits per heavy atom. The molecule has 0 atom stereocenters. The molecule has 1 aromatic heterocycles. The van der Waals surface area contributed by atoms with Crippen molar-refractivity contribution in [2.24, 2.45) is 4.99 Å². The molecule has 6 nitrogen and oxygen atoms in total. The topological polar surface area (TPSA) is 58.3 Å². The molecule has 0 bridgehead atoms. The molecule has 0 saturated heterocycles. The minimum Gasteiger partial charge on any atom is -0.357 e. The average molecular weight is 477 g/mol. The van der Waals surface area contributed by atoms with Crippen LogP contribution in [0.2, 0.25) is 5.02 Å². The van der Waals surface area contributed by atoms with E-state index in [1.807, 2.05) is 35.9 Å². The molecule has 1 aromatic carbocycles. The molecule has 0 amide bonds. The third-order valence-corrected chi connectivity index (χ3v) is 3.83. The highest BCUT2D eigenvalue weighted by Crippen LogP contribution is 2.11. The molecule has 1 heterocycles. The van der Waals surface area contributed by atoms with Crippen LogP contribution in [0.1, 0.15) is 25.3 Å². The van der Waals surface area contributed by atoms with Gasteiger partial charge in [-0.3, -0.25) is 4.99 Å². The van der Waals surface area contributed by atoms with E-state index in [1.165, 1.54) is 5.56 Å². The molecule has 1 N–H and O–H groups in total. The molecule has 0 aliphatic heterocycles. The molecular weight excluding hydrogens is 451 g/mol. The quantitative estimate of drug-likeness (QED) is 0.274. The second kappa shape index (κ2) is 12.1. The predicted molar refractivity (Wildman–Crippen MR) is 114 cm³/mol. The first-order valence-electron chi connectivity index (χ1n) is 8.25. The molecule has 0 spiro atoms. The zero-order chi connectivity index (χ0) is 17.2. The van der Waals surface area contributed by atoms with Crippen LogP contribution in [-0.4, -0.2) is 45.8 Å². The second-order valence-corrected chi connectivity index (χ2v) is 6.06. The van der Waals surface area contributed by atoms with Gasteiger partial charge in [-0.2, -0.15) is 0 Å². The van der Waals surface area contributed by atoms with E-state index in [0.29, 0.717) is 0 Å². The minimum absolute atomic E-state index is 0. The Hall–Kier alpha value is -1.35. The number of unbranched alkanes of at least 4 members (excludes halogenated alkanes) is 1. The summed E-state index contributed by atoms with van der Waals surface area (Å²) in [5.74, 6) is 0.928. The Kier molecular flexibility index (Phi) is 10.5. The standard InChI is InChI=1S/C17H25ClN6.HI/c1-3-19-17(20-10-4-5-11-24-13-21-22-14-24)23(2)12-15-6-8-16(18)9-7-15;/h6-9,13-14H,3-5,10-12H2,1-2H3,(H,19,20);1H. The van der Waals surface area contributed by atoms with Crippen LogP contribution >= 0.6 is 35.6 Å². The number of aliphatic imine (C=N–C) groups is 1. The lowest BCUT2D eigenvalue weighted by molar-refractivity contribution is 0.475. The van der Waals surface area contributed by atoms with Gasteiger partial charge in [-0.15, -0.1) is 34.2 Å². The number of aromatic nitrogens is 3. The maximum absolute atomic E-state index is 5.94. The number of aryl methyl sites for hydroxylation is 1. The van der Waals surface area contributed by atoms with E-state index >= 15 is 0 Å². The Balaban J connectivity index is 0.00000312. The van der Waals surface area contributed by atoms with E-state index in [4.69, 9.17) is 16.6 Å². The maximum Gasteiger partial charge on any atom is 0.193 e. The number of benzene rings is 1. The van der Waals surface area contributed by atoms with Crippen molar-refractivity contribution in [3.8, 4) is 0 Å². The molecule has 0 unspecified atom stereocenters. The molecule has 2 aromatic rings. The monoisotopic (exact) mass is 476 g/mol. The van der Waals surface area contributed by atoms with Gasteiger partial charge in [0.1, 0.15) is 12.7 Å². The zero-order valence-corrected chi connectivity index (χ0v) is 17.8. The Bertz CT molecular complexity index is 615. The highest BCUT2D eigenvalue weighted by molar-refractivity contribution is 14.0. The van der Waals surface area contributed by atoms with E-state index < -0.39 is 0 Å². The SMILES string of the molecule is CCNC(=NCCCCn1cnnc1)N(C)Cc1ccc(Cl)cc1.I. The fraction of sp³-hybridized carbons (Fsp3) is 0.471. The van der Waals surface area contributed by atoms with Crippen molar-refractivity contribution in [3.63, 3.8) is 0 Å². The summed E-state index contributed by atoms with van der Waals surface area (Å²) < 4.78 is 1.99. The molecule has 0 aliphatic carbocycles. The Labute approximate surface area is 171 Å². The normalized spacial score (nSPS) is 11.1. The van der Waals surface area contributed by atoms with Crippen LogP contribution in [0.3, 0.4) is 0 Å². The van der Waals surface area contributed by atoms with Crippen LogP contribution in [-0.2, 0) is 13.1 Å². The fourth-order valence-electron chi connectivity index (χ4n) is 2.34. The van der Waals surface area contributed by atoms with Crippen molar-refractivity contribution >= 4 is 41.5 Å². The van der Waals surface area contributed by atoms with Gasteiger partial charge in [0.15, 0.2) is 5.96 Å². The summed E-state index contributed by atoms with van der Waals surface area (Å²) in [5, 5.41) is 11.7. The van der Waals surface area contributed by atoms with Gasteiger partial charge in [0.2, 0.25) is 0 Å². The highest BCUT2D eigenvalue weighted by Gasteiger charge is 2.06. The summed E-state index contributed by atoms with van der Waals surface area (Å²) in [4.78, 5) is 6.84. The van der Waals surface area contributed by atoms with Crippen molar-refractivity contribution in [2.75, 3.05) is 20.1 Å². The van der Waals surface area contributed by atoms with E-state index in [2.05, 4.69) is 27.3 Å². The van der Waals surface area contributed by atoms with Gasteiger partial charge < -0.3 is 14.8 Å². The van der Waals surface area contributed by atoms with Gasteiger partial charge in [-0.1, -0.05) is 23.7 Å². The van der Waals surface area contributed by atoms with Crippen molar-refractivity contribution in [1.29, 1.82) is 0 Å². The molecule has 0 saturated carbocycles. The molecule has 25 heavy (non-hydrogen) atoms. The number of hydrogen-bond donors (Lipinski definition) is 1. The van der Waals surface area contributed by atoms with E-state index in [9.17, 15) is 0 Å². The molecule has 2 rings (SSSR count). The first kappa shape index (κ1) is 21.7. The number of halogens is 2. The van der Waals surface area contributed by atoms with Crippen LogP contribution in [0.15, 0.2) is 41.9 Å². The van der Waals surface area contributed by atoms with Crippen LogP contribution < -0.4 is 5.32 Å². The first-order valence-corrected chi connectivity index (χ1v) is 8.63. The van der Waals surface area contributed by atoms with Gasteiger partial charge in [-0.05, 0) is 37.5 Å². The van der Waals surface area contributed by atoms with Crippen molar-refractivity contribution in [1.82, 2.24) is 25.0 Å². The lowest BCUT2D eigenvalue weighted by Crippen LogP contribution is -2.38. The highest BCUT2D eigenvalue weighted by atomic mass is 127. The number of nitrogens with one attached hydrogen (secondary N) is 1. The predicted octanol–water partition coefficient (Wildman–Crippen LogP) is 3.43. The summed E-state index contributed by atoms with van der Waals surface area (Å²) in [5.41, 5.74) is 1.21. The molecule has 0 radical (unpaired) electrons. The number of hydrogen-bond acceptors (Lipinski definition) is 3. The van der Waals surface area contributed by atoms with Gasteiger partial charge in [-0.25, -0.2) is 0 Å². The van der Waals surface area contributed by atoms with Crippen LogP contribution in [0.5, 0.6) is 0 Å². The average Bonchev–Trinajstić information content (AvgIpc) is 3.09. The first-order chi connectivity index (χ1) is 11.7. The van der Waals surface area contributed by atoms with Gasteiger partial charge in [0, 0.05) is 38.2 Å². The number of guanidine groups is 1. The minimum atomic E-state index is 0. The molecule has 8 heteroatoms. The summed E-state index contributed by atoms with van der Waals surface area (Å²) in [6.07, 6.45) is 5.57. The molecule has 138 valence electrons. The van der Waals surface area contributed by atoms with E-state index in [-0.39, 0.29) is 24.0 Å². The van der Waals surface area contributed by atoms with E-state index in [0.717, 1.165) is 50.0 Å². The van der Waals surface area contributed by atoms with Crippen molar-refractivity contribution in [3.05, 3.63) is 47.5 Å². The second-order valence-electron chi connectivity index (χ2n) is 5.62. The number of nitrogens with zero attached hydrogens (tertiary/aromatic N) is 5. The lowest BCUT2D eigenvalue weighted by atomic mass is 10.2. The van der Waals surface area contributed by atoms with Crippen LogP contribution in [0.4, 0.5) is 0 Å². The number of rotatable bonds is 8. The maximum atomic E-state index is 5.94. The van der Waals surface area contributed by atoms with Crippen LogP contribution in [0.25, 0.3) is 0 Å². The molecule has 0 aliphatic rings. The van der Waals surface area contributed by atoms with Gasteiger partial charge in [0.25, 0.3) is 0 Å². The largest absolute Gasteiger partial charge is 0.357 e. The Morgan fingerprint density at radius 3 is 2.52 bits per heavy atom. The van der Waals surface area contributed by atoms with E-state index in [1.54, 1.807) is 12.7 Å². The van der Waals surface area contributed by atoms with Gasteiger partial charge in [0.05, 0.1) is 0 Å². The summed E-state index contributed by atoms with van der Waals surface area (Å²) in [6.45, 7) is 5.46. The molecular formula is C17H26ClIN6. The van der Waals surface area contributed by atoms with Gasteiger partial charge >= 0.3 is 0 Å². The summed E-state index contributed by atoms with van der Waals surface area (Å²) in [7, 11) is 2.05. The third-order valence-electron chi connectivity index (χ3n) is 3.58. The third kappa shape index (κ3) is 8.04. The molecule has 0 fully saturated rings. The zero-order valence-electron chi connectivity index (χ0n) is 14.7. The smallest absolute Gasteiger partial charge is 0.193 e. The van der Waals surface area contributed by atoms with Crippen molar-refractivity contribution < 1.29 is 0 Å².